The second-order valence-corrected chi connectivity index (χ2v) is 5.64. The molecule has 0 unspecified atom stereocenters. The predicted molar refractivity (Wildman–Crippen MR) is 91.8 cm³/mol. The number of nitrogens with one attached hydrogen (secondary N) is 1. The molecule has 1 N–H and O–H groups in total. The normalized spacial score (nSPS) is 10.6. The summed E-state index contributed by atoms with van der Waals surface area (Å²) in [5, 5.41) is 16.9. The monoisotopic (exact) mass is 339 g/mol. The van der Waals surface area contributed by atoms with Gasteiger partial charge in [0.15, 0.2) is 5.65 Å². The Kier molecular flexibility index (Phi) is 4.19. The topological polar surface area (TPSA) is 83.1 Å². The molecule has 1 aromatic carbocycles. The fourth-order valence-electron chi connectivity index (χ4n) is 2.42. The summed E-state index contributed by atoms with van der Waals surface area (Å²) in [6.45, 7) is 3.54. The van der Waals surface area contributed by atoms with Gasteiger partial charge in [0.25, 0.3) is 0 Å². The third-order valence-corrected chi connectivity index (χ3v) is 3.99. The minimum atomic E-state index is -0.115. The van der Waals surface area contributed by atoms with Crippen LogP contribution in [0.15, 0.2) is 30.5 Å². The van der Waals surface area contributed by atoms with Crippen molar-refractivity contribution >= 4 is 28.8 Å². The maximum Gasteiger partial charge on any atom is 0.224 e. The number of fused-ring (bicyclic) bond motifs is 1. The summed E-state index contributed by atoms with van der Waals surface area (Å²) in [5.74, 6) is -0.115. The highest BCUT2D eigenvalue weighted by atomic mass is 35.5. The zero-order valence-corrected chi connectivity index (χ0v) is 13.9. The maximum atomic E-state index is 11.6. The van der Waals surface area contributed by atoms with Gasteiger partial charge >= 0.3 is 0 Å². The highest BCUT2D eigenvalue weighted by Gasteiger charge is 2.14. The van der Waals surface area contributed by atoms with Crippen molar-refractivity contribution in [3.8, 4) is 17.3 Å². The first-order valence-corrected chi connectivity index (χ1v) is 7.77. The van der Waals surface area contributed by atoms with E-state index in [0.29, 0.717) is 34.0 Å². The van der Waals surface area contributed by atoms with Crippen molar-refractivity contribution in [1.29, 1.82) is 5.26 Å². The summed E-state index contributed by atoms with van der Waals surface area (Å²) in [4.78, 5) is 15.9. The molecule has 120 valence electrons. The van der Waals surface area contributed by atoms with Crippen molar-refractivity contribution in [2.75, 3.05) is 5.32 Å². The second kappa shape index (κ2) is 6.30. The van der Waals surface area contributed by atoms with Gasteiger partial charge in [0, 0.05) is 18.2 Å². The smallest absolute Gasteiger partial charge is 0.224 e. The summed E-state index contributed by atoms with van der Waals surface area (Å²) in [7, 11) is 0. The van der Waals surface area contributed by atoms with Crippen LogP contribution in [-0.2, 0) is 4.79 Å². The number of carbonyl (C=O) groups excluding carboxylic acids is 1. The second-order valence-electron chi connectivity index (χ2n) is 5.23. The molecular formula is C17H14ClN5O. The zero-order valence-electron chi connectivity index (χ0n) is 13.2. The lowest BCUT2D eigenvalue weighted by molar-refractivity contribution is -0.115. The molecule has 0 saturated heterocycles. The molecule has 0 atom stereocenters. The minimum absolute atomic E-state index is 0.115. The molecule has 24 heavy (non-hydrogen) atoms. The van der Waals surface area contributed by atoms with Crippen LogP contribution in [0.5, 0.6) is 0 Å². The Morgan fingerprint density at radius 2 is 2.21 bits per heavy atom. The molecule has 6 nitrogen and oxygen atoms in total. The van der Waals surface area contributed by atoms with E-state index in [-0.39, 0.29) is 5.91 Å². The number of carbonyl (C=O) groups is 1. The molecule has 0 fully saturated rings. The van der Waals surface area contributed by atoms with Crippen molar-refractivity contribution in [2.45, 2.75) is 20.3 Å². The number of hydrogen-bond donors (Lipinski definition) is 1. The van der Waals surface area contributed by atoms with Crippen LogP contribution < -0.4 is 5.32 Å². The molecule has 2 heterocycles. The number of nitriles is 1. The largest absolute Gasteiger partial charge is 0.325 e. The first-order valence-electron chi connectivity index (χ1n) is 7.39. The molecule has 7 heteroatoms. The van der Waals surface area contributed by atoms with E-state index in [1.807, 2.05) is 6.07 Å². The average Bonchev–Trinajstić information content (AvgIpc) is 2.91. The van der Waals surface area contributed by atoms with Crippen molar-refractivity contribution in [3.05, 3.63) is 46.7 Å². The summed E-state index contributed by atoms with van der Waals surface area (Å²) in [6.07, 6.45) is 2.00. The molecule has 1 amide bonds. The van der Waals surface area contributed by atoms with Gasteiger partial charge in [0.1, 0.15) is 11.6 Å². The lowest BCUT2D eigenvalue weighted by atomic mass is 10.1. The first-order chi connectivity index (χ1) is 11.5. The molecule has 2 aromatic heterocycles. The summed E-state index contributed by atoms with van der Waals surface area (Å²) < 4.78 is 1.63. The van der Waals surface area contributed by atoms with Gasteiger partial charge in [-0.1, -0.05) is 24.6 Å². The van der Waals surface area contributed by atoms with E-state index < -0.39 is 0 Å². The van der Waals surface area contributed by atoms with E-state index in [1.165, 1.54) is 0 Å². The number of nitrogens with zero attached hydrogens (tertiary/aromatic N) is 4. The Morgan fingerprint density at radius 3 is 2.92 bits per heavy atom. The highest BCUT2D eigenvalue weighted by Crippen LogP contribution is 2.29. The van der Waals surface area contributed by atoms with Gasteiger partial charge in [-0.2, -0.15) is 10.4 Å². The lowest BCUT2D eigenvalue weighted by Crippen LogP contribution is -2.10. The molecule has 0 aliphatic rings. The number of aryl methyl sites for hydroxylation is 1. The van der Waals surface area contributed by atoms with E-state index >= 15 is 0 Å². The van der Waals surface area contributed by atoms with Gasteiger partial charge in [-0.25, -0.2) is 9.50 Å². The van der Waals surface area contributed by atoms with E-state index in [0.717, 1.165) is 11.3 Å². The number of amides is 1. The first kappa shape index (κ1) is 16.0. The van der Waals surface area contributed by atoms with E-state index in [1.54, 1.807) is 42.8 Å². The van der Waals surface area contributed by atoms with Crippen LogP contribution in [-0.4, -0.2) is 20.5 Å². The van der Waals surface area contributed by atoms with Crippen molar-refractivity contribution in [1.82, 2.24) is 14.6 Å². The number of anilines is 1. The van der Waals surface area contributed by atoms with Gasteiger partial charge < -0.3 is 5.32 Å². The lowest BCUT2D eigenvalue weighted by Gasteiger charge is -2.10. The SMILES string of the molecule is CCC(=O)Nc1cc(-c2ccnc3c(C#N)c(C)nn23)ccc1Cl. The number of hydrogen-bond acceptors (Lipinski definition) is 4. The van der Waals surface area contributed by atoms with Crippen LogP contribution in [0.2, 0.25) is 5.02 Å². The highest BCUT2D eigenvalue weighted by molar-refractivity contribution is 6.33. The van der Waals surface area contributed by atoms with Gasteiger partial charge in [-0.15, -0.1) is 0 Å². The summed E-state index contributed by atoms with van der Waals surface area (Å²) in [5.41, 5.74) is 3.67. The fourth-order valence-corrected chi connectivity index (χ4v) is 2.58. The summed E-state index contributed by atoms with van der Waals surface area (Å²) >= 11 is 6.16. The third kappa shape index (κ3) is 2.70. The zero-order chi connectivity index (χ0) is 17.3. The molecule has 0 radical (unpaired) electrons. The van der Waals surface area contributed by atoms with Crippen LogP contribution in [0.3, 0.4) is 0 Å². The molecule has 0 spiro atoms. The van der Waals surface area contributed by atoms with Gasteiger partial charge in [-0.05, 0) is 25.1 Å². The van der Waals surface area contributed by atoms with Crippen molar-refractivity contribution in [2.24, 2.45) is 0 Å². The summed E-state index contributed by atoms with van der Waals surface area (Å²) in [6, 6.07) is 9.27. The van der Waals surface area contributed by atoms with Crippen LogP contribution in [0.25, 0.3) is 16.9 Å². The standard InChI is InChI=1S/C17H14ClN5O/c1-3-16(24)21-14-8-11(4-5-13(14)18)15-6-7-20-17-12(9-19)10(2)22-23(15)17/h4-8H,3H2,1-2H3,(H,21,24). The molecule has 0 bridgehead atoms. The number of rotatable bonds is 3. The number of benzene rings is 1. The Balaban J connectivity index is 2.16. The molecular weight excluding hydrogens is 326 g/mol. The van der Waals surface area contributed by atoms with Crippen LogP contribution in [0.1, 0.15) is 24.6 Å². The van der Waals surface area contributed by atoms with Gasteiger partial charge in [-0.3, -0.25) is 4.79 Å². The Hall–Kier alpha value is -2.91. The van der Waals surface area contributed by atoms with E-state index in [9.17, 15) is 10.1 Å². The van der Waals surface area contributed by atoms with E-state index in [2.05, 4.69) is 21.5 Å². The maximum absolute atomic E-state index is 11.6. The van der Waals surface area contributed by atoms with Crippen molar-refractivity contribution < 1.29 is 4.79 Å². The minimum Gasteiger partial charge on any atom is -0.325 e. The Morgan fingerprint density at radius 1 is 1.42 bits per heavy atom. The molecule has 0 saturated carbocycles. The fraction of sp³-hybridized carbons (Fsp3) is 0.176. The van der Waals surface area contributed by atoms with Crippen LogP contribution in [0, 0.1) is 18.3 Å². The van der Waals surface area contributed by atoms with Gasteiger partial charge in [0.2, 0.25) is 5.91 Å². The predicted octanol–water partition coefficient (Wildman–Crippen LogP) is 3.58. The Labute approximate surface area is 143 Å². The van der Waals surface area contributed by atoms with Gasteiger partial charge in [0.05, 0.1) is 22.1 Å². The third-order valence-electron chi connectivity index (χ3n) is 3.66. The van der Waals surface area contributed by atoms with Crippen molar-refractivity contribution in [3.63, 3.8) is 0 Å². The molecule has 3 aromatic rings. The van der Waals surface area contributed by atoms with E-state index in [4.69, 9.17) is 11.6 Å². The number of aromatic nitrogens is 3. The van der Waals surface area contributed by atoms with Crippen LogP contribution in [0.4, 0.5) is 5.69 Å². The molecule has 0 aliphatic heterocycles. The molecule has 3 rings (SSSR count). The average molecular weight is 340 g/mol. The number of halogens is 1. The quantitative estimate of drug-likeness (QED) is 0.790. The molecule has 0 aliphatic carbocycles. The van der Waals surface area contributed by atoms with Crippen LogP contribution >= 0.6 is 11.6 Å². The Bertz CT molecular complexity index is 987.